The molecule has 0 atom stereocenters. The van der Waals surface area contributed by atoms with Gasteiger partial charge in [0.2, 0.25) is 11.7 Å². The number of aromatic nitrogens is 2. The summed E-state index contributed by atoms with van der Waals surface area (Å²) >= 11 is 11.2. The third kappa shape index (κ3) is 4.78. The maximum atomic E-state index is 5.88. The molecule has 3 aromatic rings. The Labute approximate surface area is 156 Å². The zero-order valence-corrected chi connectivity index (χ0v) is 15.4. The lowest BCUT2D eigenvalue weighted by atomic mass is 10.1. The van der Waals surface area contributed by atoms with Crippen LogP contribution in [0.15, 0.2) is 47.0 Å². The van der Waals surface area contributed by atoms with Gasteiger partial charge in [-0.05, 0) is 73.6 Å². The van der Waals surface area contributed by atoms with Gasteiger partial charge in [0.25, 0.3) is 0 Å². The average Bonchev–Trinajstić information content (AvgIpc) is 3.01. The zero-order chi connectivity index (χ0) is 17.8. The van der Waals surface area contributed by atoms with E-state index in [9.17, 15) is 0 Å². The fourth-order valence-corrected chi connectivity index (χ4v) is 2.74. The van der Waals surface area contributed by atoms with Crippen LogP contribution in [0, 0.1) is 13.8 Å². The summed E-state index contributed by atoms with van der Waals surface area (Å²) < 4.78 is 5.24. The van der Waals surface area contributed by atoms with Crippen molar-refractivity contribution in [3.05, 3.63) is 64.5 Å². The van der Waals surface area contributed by atoms with E-state index >= 15 is 0 Å². The number of nitrogens with zero attached hydrogens (tertiary/aromatic N) is 2. The molecular formula is C18H17ClN4OS. The van der Waals surface area contributed by atoms with Gasteiger partial charge in [-0.15, -0.1) is 0 Å². The van der Waals surface area contributed by atoms with Crippen LogP contribution in [0.2, 0.25) is 5.02 Å². The summed E-state index contributed by atoms with van der Waals surface area (Å²) in [7, 11) is 0. The lowest BCUT2D eigenvalue weighted by Crippen LogP contribution is -2.28. The fraction of sp³-hybridized carbons (Fsp3) is 0.167. The van der Waals surface area contributed by atoms with Crippen LogP contribution in [0.5, 0.6) is 0 Å². The van der Waals surface area contributed by atoms with Gasteiger partial charge in [0.05, 0.1) is 6.54 Å². The number of benzene rings is 2. The monoisotopic (exact) mass is 372 g/mol. The number of rotatable bonds is 4. The van der Waals surface area contributed by atoms with Crippen molar-refractivity contribution in [3.63, 3.8) is 0 Å². The van der Waals surface area contributed by atoms with Gasteiger partial charge in [-0.2, -0.15) is 4.98 Å². The van der Waals surface area contributed by atoms with Gasteiger partial charge in [0, 0.05) is 16.3 Å². The summed E-state index contributed by atoms with van der Waals surface area (Å²) in [5.41, 5.74) is 4.14. The van der Waals surface area contributed by atoms with E-state index in [0.717, 1.165) is 11.3 Å². The van der Waals surface area contributed by atoms with Crippen LogP contribution >= 0.6 is 23.8 Å². The quantitative estimate of drug-likeness (QED) is 0.658. The van der Waals surface area contributed by atoms with Gasteiger partial charge in [0.15, 0.2) is 5.11 Å². The first-order chi connectivity index (χ1) is 12.0. The molecule has 1 heterocycles. The summed E-state index contributed by atoms with van der Waals surface area (Å²) in [5.74, 6) is 0.969. The molecular weight excluding hydrogens is 356 g/mol. The Morgan fingerprint density at radius 3 is 2.48 bits per heavy atom. The van der Waals surface area contributed by atoms with Crippen LogP contribution in [0.3, 0.4) is 0 Å². The smallest absolute Gasteiger partial charge is 0.246 e. The van der Waals surface area contributed by atoms with Crippen molar-refractivity contribution in [1.82, 2.24) is 15.5 Å². The van der Waals surface area contributed by atoms with Gasteiger partial charge in [-0.1, -0.05) is 22.8 Å². The van der Waals surface area contributed by atoms with Crippen LogP contribution in [0.25, 0.3) is 11.4 Å². The van der Waals surface area contributed by atoms with Crippen molar-refractivity contribution in [2.24, 2.45) is 0 Å². The molecule has 128 valence electrons. The summed E-state index contributed by atoms with van der Waals surface area (Å²) in [4.78, 5) is 4.35. The molecule has 2 aromatic carbocycles. The predicted octanol–water partition coefficient (Wildman–Crippen LogP) is 4.49. The SMILES string of the molecule is Cc1cc(C)cc(NC(=S)NCc2nc(-c3ccc(Cl)cc3)no2)c1. The van der Waals surface area contributed by atoms with Crippen molar-refractivity contribution < 1.29 is 4.52 Å². The van der Waals surface area contributed by atoms with Crippen LogP contribution in [0.1, 0.15) is 17.0 Å². The lowest BCUT2D eigenvalue weighted by Gasteiger charge is -2.10. The van der Waals surface area contributed by atoms with Crippen LogP contribution in [-0.4, -0.2) is 15.3 Å². The van der Waals surface area contributed by atoms with E-state index in [1.54, 1.807) is 12.1 Å². The third-order valence-corrected chi connectivity index (χ3v) is 3.95. The largest absolute Gasteiger partial charge is 0.353 e. The third-order valence-electron chi connectivity index (χ3n) is 3.45. The molecule has 7 heteroatoms. The molecule has 0 aliphatic carbocycles. The average molecular weight is 373 g/mol. The molecule has 0 unspecified atom stereocenters. The predicted molar refractivity (Wildman–Crippen MR) is 104 cm³/mol. The molecule has 0 bridgehead atoms. The summed E-state index contributed by atoms with van der Waals surface area (Å²) in [6.07, 6.45) is 0. The van der Waals surface area contributed by atoms with E-state index in [1.165, 1.54) is 11.1 Å². The molecule has 0 saturated heterocycles. The molecule has 0 amide bonds. The Bertz CT molecular complexity index is 872. The molecule has 25 heavy (non-hydrogen) atoms. The van der Waals surface area contributed by atoms with Crippen LogP contribution in [0.4, 0.5) is 5.69 Å². The van der Waals surface area contributed by atoms with Gasteiger partial charge in [0.1, 0.15) is 0 Å². The van der Waals surface area contributed by atoms with E-state index in [0.29, 0.717) is 28.4 Å². The van der Waals surface area contributed by atoms with Gasteiger partial charge in [-0.25, -0.2) is 0 Å². The number of thiocarbonyl (C=S) groups is 1. The summed E-state index contributed by atoms with van der Waals surface area (Å²) in [6, 6.07) is 13.4. The van der Waals surface area contributed by atoms with Crippen molar-refractivity contribution in [2.75, 3.05) is 5.32 Å². The van der Waals surface area contributed by atoms with Crippen LogP contribution < -0.4 is 10.6 Å². The second kappa shape index (κ2) is 7.63. The Balaban J connectivity index is 1.58. The van der Waals surface area contributed by atoms with E-state index < -0.39 is 0 Å². The van der Waals surface area contributed by atoms with E-state index in [-0.39, 0.29) is 0 Å². The first-order valence-corrected chi connectivity index (χ1v) is 8.50. The minimum absolute atomic E-state index is 0.344. The van der Waals surface area contributed by atoms with Crippen molar-refractivity contribution in [2.45, 2.75) is 20.4 Å². The molecule has 0 spiro atoms. The number of halogens is 1. The van der Waals surface area contributed by atoms with Crippen LogP contribution in [-0.2, 0) is 6.54 Å². The van der Waals surface area contributed by atoms with E-state index in [2.05, 4.69) is 26.8 Å². The molecule has 1 aromatic heterocycles. The Morgan fingerprint density at radius 1 is 1.12 bits per heavy atom. The lowest BCUT2D eigenvalue weighted by molar-refractivity contribution is 0.376. The first-order valence-electron chi connectivity index (χ1n) is 7.71. The highest BCUT2D eigenvalue weighted by atomic mass is 35.5. The Hall–Kier alpha value is -2.44. The van der Waals surface area contributed by atoms with Crippen molar-refractivity contribution in [1.29, 1.82) is 0 Å². The molecule has 0 radical (unpaired) electrons. The molecule has 0 fully saturated rings. The summed E-state index contributed by atoms with van der Waals surface area (Å²) in [5, 5.41) is 11.3. The molecule has 3 rings (SSSR count). The van der Waals surface area contributed by atoms with Crippen molar-refractivity contribution in [3.8, 4) is 11.4 Å². The highest BCUT2D eigenvalue weighted by molar-refractivity contribution is 7.80. The highest BCUT2D eigenvalue weighted by Crippen LogP contribution is 2.18. The molecule has 2 N–H and O–H groups in total. The van der Waals surface area contributed by atoms with Gasteiger partial charge >= 0.3 is 0 Å². The maximum absolute atomic E-state index is 5.88. The second-order valence-electron chi connectivity index (χ2n) is 5.70. The number of nitrogens with one attached hydrogen (secondary N) is 2. The Kier molecular flexibility index (Phi) is 5.31. The highest BCUT2D eigenvalue weighted by Gasteiger charge is 2.09. The zero-order valence-electron chi connectivity index (χ0n) is 13.8. The number of aryl methyl sites for hydroxylation is 2. The van der Waals surface area contributed by atoms with E-state index in [1.807, 2.05) is 38.1 Å². The second-order valence-corrected chi connectivity index (χ2v) is 6.55. The van der Waals surface area contributed by atoms with Gasteiger partial charge in [-0.3, -0.25) is 0 Å². The molecule has 0 saturated carbocycles. The summed E-state index contributed by atoms with van der Waals surface area (Å²) in [6.45, 7) is 4.44. The van der Waals surface area contributed by atoms with Gasteiger partial charge < -0.3 is 15.2 Å². The fourth-order valence-electron chi connectivity index (χ4n) is 2.42. The molecule has 0 aliphatic heterocycles. The number of anilines is 1. The minimum Gasteiger partial charge on any atom is -0.353 e. The van der Waals surface area contributed by atoms with Crippen molar-refractivity contribution >= 4 is 34.6 Å². The van der Waals surface area contributed by atoms with E-state index in [4.69, 9.17) is 28.3 Å². The number of hydrogen-bond acceptors (Lipinski definition) is 4. The molecule has 5 nitrogen and oxygen atoms in total. The maximum Gasteiger partial charge on any atom is 0.246 e. The Morgan fingerprint density at radius 2 is 1.80 bits per heavy atom. The number of hydrogen-bond donors (Lipinski definition) is 2. The normalized spacial score (nSPS) is 10.5. The minimum atomic E-state index is 0.344. The first kappa shape index (κ1) is 17.4. The standard InChI is InChI=1S/C18H17ClN4OS/c1-11-7-12(2)9-15(8-11)21-18(25)20-10-16-22-17(23-24-16)13-3-5-14(19)6-4-13/h3-9H,10H2,1-2H3,(H2,20,21,25). The molecule has 0 aliphatic rings. The topological polar surface area (TPSA) is 63.0 Å².